The third kappa shape index (κ3) is 1.46. The largest absolute Gasteiger partial charge is 0.337 e. The fourth-order valence-corrected chi connectivity index (χ4v) is 1.36. The van der Waals surface area contributed by atoms with Gasteiger partial charge in [-0.15, -0.1) is 0 Å². The number of rotatable bonds is 1. The van der Waals surface area contributed by atoms with Crippen LogP contribution in [0.15, 0.2) is 24.4 Å². The first-order chi connectivity index (χ1) is 6.68. The zero-order valence-corrected chi connectivity index (χ0v) is 7.79. The van der Waals surface area contributed by atoms with Crippen LogP contribution in [0.4, 0.5) is 8.78 Å². The van der Waals surface area contributed by atoms with Crippen molar-refractivity contribution in [2.75, 3.05) is 0 Å². The van der Waals surface area contributed by atoms with E-state index in [0.29, 0.717) is 10.5 Å². The number of hydrogen-bond acceptors (Lipinski definition) is 1. The molecule has 0 aliphatic rings. The van der Waals surface area contributed by atoms with Crippen molar-refractivity contribution in [2.45, 2.75) is 0 Å². The molecule has 0 fully saturated rings. The van der Waals surface area contributed by atoms with E-state index >= 15 is 0 Å². The van der Waals surface area contributed by atoms with Gasteiger partial charge in [-0.1, -0.05) is 6.07 Å². The summed E-state index contributed by atoms with van der Waals surface area (Å²) in [7, 11) is 0. The van der Waals surface area contributed by atoms with Crippen molar-refractivity contribution in [1.29, 1.82) is 0 Å². The molecule has 0 bridgehead atoms. The van der Waals surface area contributed by atoms with E-state index in [1.54, 1.807) is 0 Å². The molecule has 2 aromatic rings. The lowest BCUT2D eigenvalue weighted by Crippen LogP contribution is -1.88. The average Bonchev–Trinajstić information content (AvgIpc) is 2.57. The van der Waals surface area contributed by atoms with Crippen molar-refractivity contribution in [3.63, 3.8) is 0 Å². The van der Waals surface area contributed by atoms with E-state index in [1.807, 2.05) is 0 Å². The Kier molecular flexibility index (Phi) is 2.17. The normalized spacial score (nSPS) is 10.4. The Bertz CT molecular complexity index is 516. The second-order valence-corrected chi connectivity index (χ2v) is 3.17. The lowest BCUT2D eigenvalue weighted by molar-refractivity contribution is 0.511. The maximum absolute atomic E-state index is 13.3. The molecule has 5 heteroatoms. The van der Waals surface area contributed by atoms with Gasteiger partial charge in [0.15, 0.2) is 16.4 Å². The number of aromatic nitrogens is 2. The van der Waals surface area contributed by atoms with Gasteiger partial charge in [0.25, 0.3) is 0 Å². The molecule has 2 rings (SSSR count). The van der Waals surface area contributed by atoms with Gasteiger partial charge >= 0.3 is 0 Å². The van der Waals surface area contributed by atoms with Crippen molar-refractivity contribution in [3.05, 3.63) is 40.8 Å². The fraction of sp³-hybridized carbons (Fsp3) is 0. The highest BCUT2D eigenvalue weighted by molar-refractivity contribution is 7.71. The van der Waals surface area contributed by atoms with Crippen molar-refractivity contribution >= 4 is 12.2 Å². The summed E-state index contributed by atoms with van der Waals surface area (Å²) in [4.78, 5) is 5.40. The Labute approximate surface area is 83.6 Å². The van der Waals surface area contributed by atoms with Crippen LogP contribution in [0.5, 0.6) is 0 Å². The van der Waals surface area contributed by atoms with Gasteiger partial charge in [-0.05, 0) is 24.4 Å². The summed E-state index contributed by atoms with van der Waals surface area (Å²) in [5.74, 6) is -1.75. The molecule has 2 nitrogen and oxygen atoms in total. The van der Waals surface area contributed by atoms with Crippen LogP contribution >= 0.6 is 12.2 Å². The molecule has 0 amide bonds. The molecular formula is C9H6F2N2S. The molecule has 1 heterocycles. The molecule has 0 radical (unpaired) electrons. The Morgan fingerprint density at radius 3 is 2.64 bits per heavy atom. The lowest BCUT2D eigenvalue weighted by atomic mass is 10.1. The molecule has 1 aromatic heterocycles. The number of nitrogens with one attached hydrogen (secondary N) is 2. The maximum atomic E-state index is 13.3. The minimum Gasteiger partial charge on any atom is -0.337 e. The summed E-state index contributed by atoms with van der Waals surface area (Å²) >= 11 is 4.78. The topological polar surface area (TPSA) is 31.6 Å². The van der Waals surface area contributed by atoms with Gasteiger partial charge in [-0.25, -0.2) is 8.78 Å². The van der Waals surface area contributed by atoms with Crippen LogP contribution < -0.4 is 0 Å². The molecule has 14 heavy (non-hydrogen) atoms. The predicted molar refractivity (Wildman–Crippen MR) is 51.3 cm³/mol. The van der Waals surface area contributed by atoms with Crippen molar-refractivity contribution < 1.29 is 8.78 Å². The SMILES string of the molecule is Fc1cccc(-c2c[nH]c(=S)[nH]2)c1F. The summed E-state index contributed by atoms with van der Waals surface area (Å²) in [6.07, 6.45) is 1.50. The highest BCUT2D eigenvalue weighted by atomic mass is 32.1. The summed E-state index contributed by atoms with van der Waals surface area (Å²) < 4.78 is 26.5. The third-order valence-corrected chi connectivity index (χ3v) is 2.06. The Morgan fingerprint density at radius 2 is 2.00 bits per heavy atom. The van der Waals surface area contributed by atoms with Gasteiger partial charge in [-0.2, -0.15) is 0 Å². The molecule has 0 saturated carbocycles. The van der Waals surface area contributed by atoms with Crippen LogP contribution in [0, 0.1) is 16.4 Å². The van der Waals surface area contributed by atoms with Gasteiger partial charge in [0.05, 0.1) is 5.69 Å². The Hall–Kier alpha value is -1.49. The number of aromatic amines is 2. The van der Waals surface area contributed by atoms with E-state index < -0.39 is 11.6 Å². The van der Waals surface area contributed by atoms with Gasteiger partial charge < -0.3 is 9.97 Å². The minimum absolute atomic E-state index is 0.164. The molecule has 0 aliphatic heterocycles. The molecule has 2 N–H and O–H groups in total. The van der Waals surface area contributed by atoms with Crippen LogP contribution in [-0.2, 0) is 0 Å². The second kappa shape index (κ2) is 3.34. The lowest BCUT2D eigenvalue weighted by Gasteiger charge is -1.99. The van der Waals surface area contributed by atoms with Crippen molar-refractivity contribution in [1.82, 2.24) is 9.97 Å². The maximum Gasteiger partial charge on any atom is 0.174 e. The number of imidazole rings is 1. The number of benzene rings is 1. The summed E-state index contributed by atoms with van der Waals surface area (Å²) in [5.41, 5.74) is 0.601. The summed E-state index contributed by atoms with van der Waals surface area (Å²) in [6.45, 7) is 0. The Balaban J connectivity index is 2.62. The van der Waals surface area contributed by atoms with Crippen LogP contribution in [0.25, 0.3) is 11.3 Å². The first kappa shape index (κ1) is 9.08. The number of hydrogen-bond donors (Lipinski definition) is 2. The van der Waals surface area contributed by atoms with Gasteiger partial charge in [0.2, 0.25) is 0 Å². The molecular weight excluding hydrogens is 206 g/mol. The van der Waals surface area contributed by atoms with E-state index in [9.17, 15) is 8.78 Å². The third-order valence-electron chi connectivity index (χ3n) is 1.84. The average molecular weight is 212 g/mol. The zero-order valence-electron chi connectivity index (χ0n) is 6.97. The minimum atomic E-state index is -0.877. The highest BCUT2D eigenvalue weighted by Crippen LogP contribution is 2.21. The van der Waals surface area contributed by atoms with Crippen molar-refractivity contribution in [2.24, 2.45) is 0 Å². The zero-order chi connectivity index (χ0) is 10.1. The molecule has 72 valence electrons. The van der Waals surface area contributed by atoms with Crippen LogP contribution in [0.3, 0.4) is 0 Å². The van der Waals surface area contributed by atoms with E-state index in [4.69, 9.17) is 12.2 Å². The first-order valence-electron chi connectivity index (χ1n) is 3.90. The van der Waals surface area contributed by atoms with Gasteiger partial charge in [0.1, 0.15) is 0 Å². The van der Waals surface area contributed by atoms with Gasteiger partial charge in [0, 0.05) is 11.8 Å². The van der Waals surface area contributed by atoms with Crippen molar-refractivity contribution in [3.8, 4) is 11.3 Å². The van der Waals surface area contributed by atoms with E-state index in [2.05, 4.69) is 9.97 Å². The standard InChI is InChI=1S/C9H6F2N2S/c10-6-3-1-2-5(8(6)11)7-4-12-9(14)13-7/h1-4H,(H2,12,13,14). The Morgan fingerprint density at radius 1 is 1.21 bits per heavy atom. The number of halogens is 2. The van der Waals surface area contributed by atoms with Gasteiger partial charge in [-0.3, -0.25) is 0 Å². The fourth-order valence-electron chi connectivity index (χ4n) is 1.19. The van der Waals surface area contributed by atoms with Crippen LogP contribution in [0.1, 0.15) is 0 Å². The van der Waals surface area contributed by atoms with E-state index in [-0.39, 0.29) is 5.56 Å². The molecule has 0 aliphatic carbocycles. The van der Waals surface area contributed by atoms with Crippen LogP contribution in [0.2, 0.25) is 0 Å². The second-order valence-electron chi connectivity index (χ2n) is 2.76. The molecule has 0 spiro atoms. The monoisotopic (exact) mass is 212 g/mol. The quantitative estimate of drug-likeness (QED) is 0.699. The first-order valence-corrected chi connectivity index (χ1v) is 4.31. The smallest absolute Gasteiger partial charge is 0.174 e. The summed E-state index contributed by atoms with van der Waals surface area (Å²) in [5, 5.41) is 0. The van der Waals surface area contributed by atoms with E-state index in [1.165, 1.54) is 18.3 Å². The molecule has 0 saturated heterocycles. The van der Waals surface area contributed by atoms with E-state index in [0.717, 1.165) is 6.07 Å². The summed E-state index contributed by atoms with van der Waals surface area (Å²) in [6, 6.07) is 3.99. The number of H-pyrrole nitrogens is 2. The predicted octanol–water partition coefficient (Wildman–Crippen LogP) is 3.02. The highest BCUT2D eigenvalue weighted by Gasteiger charge is 2.09. The molecule has 0 atom stereocenters. The van der Waals surface area contributed by atoms with Crippen LogP contribution in [-0.4, -0.2) is 9.97 Å². The molecule has 0 unspecified atom stereocenters. The molecule has 1 aromatic carbocycles.